The molecule has 0 unspecified atom stereocenters. The summed E-state index contributed by atoms with van der Waals surface area (Å²) in [6, 6.07) is 8.57. The van der Waals surface area contributed by atoms with E-state index in [9.17, 15) is 18.0 Å². The van der Waals surface area contributed by atoms with E-state index in [1.54, 1.807) is 24.3 Å². The maximum absolute atomic E-state index is 14.7. The Kier molecular flexibility index (Phi) is 6.54. The quantitative estimate of drug-likeness (QED) is 0.368. The monoisotopic (exact) mass is 602 g/mol. The van der Waals surface area contributed by atoms with E-state index in [1.165, 1.54) is 0 Å². The number of allylic oxidation sites excluding steroid dienone is 4. The first-order chi connectivity index (χ1) is 19.9. The van der Waals surface area contributed by atoms with E-state index in [0.29, 0.717) is 12.8 Å². The number of fused-ring (bicyclic) bond motifs is 7. The van der Waals surface area contributed by atoms with E-state index in [-0.39, 0.29) is 56.2 Å². The van der Waals surface area contributed by atoms with Crippen molar-refractivity contribution in [1.29, 1.82) is 0 Å². The number of hydrogen-bond donors (Lipinski definition) is 1. The van der Waals surface area contributed by atoms with Gasteiger partial charge in [0, 0.05) is 22.3 Å². The van der Waals surface area contributed by atoms with Crippen LogP contribution in [0.2, 0.25) is 0 Å². The minimum atomic E-state index is -3.79. The average Bonchev–Trinajstić information content (AvgIpc) is 2.93. The molecule has 1 N–H and O–H groups in total. The topological polar surface area (TPSA) is 84.7 Å². The van der Waals surface area contributed by atoms with Gasteiger partial charge in [-0.2, -0.15) is 0 Å². The molecule has 6 rings (SSSR count). The van der Waals surface area contributed by atoms with E-state index in [2.05, 4.69) is 44.2 Å². The van der Waals surface area contributed by atoms with Crippen molar-refractivity contribution in [3.8, 4) is 0 Å². The molecule has 6 nitrogen and oxygen atoms in total. The minimum absolute atomic E-state index is 0.000692. The molecule has 5 aliphatic rings. The lowest BCUT2D eigenvalue weighted by atomic mass is 9.35. The third kappa shape index (κ3) is 4.08. The van der Waals surface area contributed by atoms with Gasteiger partial charge in [-0.3, -0.25) is 4.79 Å². The van der Waals surface area contributed by atoms with Gasteiger partial charge >= 0.3 is 0 Å². The van der Waals surface area contributed by atoms with Crippen LogP contribution in [0.3, 0.4) is 0 Å². The molecule has 0 amide bonds. The normalized spacial score (nSPS) is 41.4. The third-order valence-electron chi connectivity index (χ3n) is 13.2. The van der Waals surface area contributed by atoms with Crippen molar-refractivity contribution < 1.29 is 18.0 Å². The maximum Gasteiger partial charge on any atom is 0.241 e. The van der Waals surface area contributed by atoms with Gasteiger partial charge in [0.2, 0.25) is 15.7 Å². The molecule has 7 heteroatoms. The van der Waals surface area contributed by atoms with Crippen LogP contribution in [0.4, 0.5) is 0 Å². The highest BCUT2D eigenvalue weighted by Crippen LogP contribution is 2.73. The number of hydrogen-bond acceptors (Lipinski definition) is 4. The van der Waals surface area contributed by atoms with E-state index < -0.39 is 26.4 Å². The molecule has 0 spiro atoms. The summed E-state index contributed by atoms with van der Waals surface area (Å²) in [4.78, 5) is 31.9. The molecular weight excluding hydrogens is 556 g/mol. The molecular formula is C36H46N2O4S. The van der Waals surface area contributed by atoms with Crippen molar-refractivity contribution in [2.75, 3.05) is 0 Å². The summed E-state index contributed by atoms with van der Waals surface area (Å²) in [6.45, 7) is 22.9. The fourth-order valence-electron chi connectivity index (χ4n) is 10.7. The molecule has 3 saturated carbocycles. The summed E-state index contributed by atoms with van der Waals surface area (Å²) < 4.78 is 30.8. The van der Waals surface area contributed by atoms with Gasteiger partial charge in [0.05, 0.1) is 11.5 Å². The second-order valence-electron chi connectivity index (χ2n) is 16.3. The first-order valence-electron chi connectivity index (χ1n) is 15.9. The molecule has 3 fully saturated rings. The highest BCUT2D eigenvalue weighted by molar-refractivity contribution is 7.89. The van der Waals surface area contributed by atoms with Gasteiger partial charge in [0.25, 0.3) is 0 Å². The Hall–Kier alpha value is -2.56. The smallest absolute Gasteiger partial charge is 0.241 e. The first-order valence-corrected chi connectivity index (χ1v) is 17.4. The summed E-state index contributed by atoms with van der Waals surface area (Å²) in [7, 11) is -3.79. The zero-order valence-corrected chi connectivity index (χ0v) is 27.5. The molecule has 43 heavy (non-hydrogen) atoms. The van der Waals surface area contributed by atoms with Crippen molar-refractivity contribution in [1.82, 2.24) is 4.72 Å². The van der Waals surface area contributed by atoms with Gasteiger partial charge in [0.15, 0.2) is 11.6 Å². The maximum atomic E-state index is 14.7. The summed E-state index contributed by atoms with van der Waals surface area (Å²) in [5.74, 6) is -0.483. The minimum Gasteiger partial charge on any atom is -0.307 e. The van der Waals surface area contributed by atoms with Gasteiger partial charge in [-0.25, -0.2) is 18.0 Å². The molecule has 1 aromatic carbocycles. The third-order valence-corrected chi connectivity index (χ3v) is 14.8. The largest absolute Gasteiger partial charge is 0.307 e. The molecule has 5 aliphatic carbocycles. The van der Waals surface area contributed by atoms with Crippen LogP contribution in [0.25, 0.3) is 4.85 Å². The fraction of sp³-hybridized carbons (Fsp3) is 0.639. The first kappa shape index (κ1) is 30.5. The van der Waals surface area contributed by atoms with Crippen LogP contribution < -0.4 is 4.72 Å². The average molecular weight is 603 g/mol. The second kappa shape index (κ2) is 9.23. The number of carbonyl (C=O) groups is 2. The summed E-state index contributed by atoms with van der Waals surface area (Å²) in [6.07, 6.45) is 9.23. The lowest BCUT2D eigenvalue weighted by Gasteiger charge is -2.69. The zero-order chi connectivity index (χ0) is 31.4. The van der Waals surface area contributed by atoms with E-state index in [0.717, 1.165) is 37.7 Å². The Morgan fingerprint density at radius 1 is 0.907 bits per heavy atom. The Labute approximate surface area is 257 Å². The van der Waals surface area contributed by atoms with Crippen LogP contribution in [0.1, 0.15) is 93.4 Å². The molecule has 1 aromatic rings. The zero-order valence-electron chi connectivity index (χ0n) is 26.7. The summed E-state index contributed by atoms with van der Waals surface area (Å²) in [5, 5.41) is 0. The van der Waals surface area contributed by atoms with Gasteiger partial charge in [-0.15, -0.1) is 0 Å². The van der Waals surface area contributed by atoms with Crippen molar-refractivity contribution in [3.63, 3.8) is 0 Å². The number of Topliss-reactive ketones (excluding diaryl/α,β-unsaturated/α-hetero) is 1. The lowest BCUT2D eigenvalue weighted by Crippen LogP contribution is -2.69. The highest BCUT2D eigenvalue weighted by atomic mass is 32.2. The van der Waals surface area contributed by atoms with Crippen LogP contribution in [0.15, 0.2) is 58.6 Å². The van der Waals surface area contributed by atoms with Crippen LogP contribution in [-0.4, -0.2) is 25.5 Å². The molecule has 0 aliphatic heterocycles. The van der Waals surface area contributed by atoms with Crippen molar-refractivity contribution in [2.24, 2.45) is 44.8 Å². The van der Waals surface area contributed by atoms with Crippen LogP contribution in [0.5, 0.6) is 0 Å². The van der Waals surface area contributed by atoms with E-state index >= 15 is 0 Å². The number of nitrogens with zero attached hydrogens (tertiary/aromatic N) is 1. The highest BCUT2D eigenvalue weighted by Gasteiger charge is 2.70. The van der Waals surface area contributed by atoms with E-state index in [4.69, 9.17) is 6.57 Å². The number of carbonyl (C=O) groups excluding carboxylic acids is 2. The van der Waals surface area contributed by atoms with Gasteiger partial charge in [0.1, 0.15) is 0 Å². The summed E-state index contributed by atoms with van der Waals surface area (Å²) in [5.41, 5.74) is -1.46. The SMILES string of the molecule is [C-]#[N+]C1=C[C@]2(C)C3=CC(=O)[C@@H]4[C@@H]5CC(C)(C)CC[C@]5(NS(=O)(=O)c5ccccc5)CC[C@@]4(C)[C@]3(C)CC[C@H]2C(C)(C)C1=O. The number of nitrogens with one attached hydrogen (secondary N) is 1. The number of benzene rings is 1. The lowest BCUT2D eigenvalue weighted by molar-refractivity contribution is -0.159. The Balaban J connectivity index is 1.49. The molecule has 7 atom stereocenters. The van der Waals surface area contributed by atoms with E-state index in [1.807, 2.05) is 32.1 Å². The van der Waals surface area contributed by atoms with Gasteiger partial charge in [-0.1, -0.05) is 78.3 Å². The summed E-state index contributed by atoms with van der Waals surface area (Å²) >= 11 is 0. The predicted octanol–water partition coefficient (Wildman–Crippen LogP) is 7.29. The Morgan fingerprint density at radius 2 is 1.56 bits per heavy atom. The number of rotatable bonds is 3. The Bertz CT molecular complexity index is 1620. The molecule has 0 radical (unpaired) electrons. The van der Waals surface area contributed by atoms with Crippen LogP contribution in [-0.2, 0) is 19.6 Å². The second-order valence-corrected chi connectivity index (χ2v) is 18.0. The van der Waals surface area contributed by atoms with Crippen molar-refractivity contribution in [2.45, 2.75) is 104 Å². The van der Waals surface area contributed by atoms with Crippen LogP contribution in [0, 0.1) is 51.4 Å². The predicted molar refractivity (Wildman–Crippen MR) is 167 cm³/mol. The fourth-order valence-corrected chi connectivity index (χ4v) is 12.2. The molecule has 230 valence electrons. The van der Waals surface area contributed by atoms with Gasteiger partial charge < -0.3 is 4.79 Å². The standard InChI is InChI=1S/C36H46N2O4S/c1-31(2)16-18-36(38-43(41,42)23-12-10-9-11-13-23)19-17-35(7)29(24(36)21-31)26(39)20-28-33(5)22-25(37-8)30(40)32(3,4)27(33)14-15-34(28,35)6/h9-13,20,22,24,27,29,38H,14-19,21H2,1-7H3/t24-,27-,29-,33-,34+,35+,36-/m0/s1. The molecule has 0 bridgehead atoms. The van der Waals surface area contributed by atoms with Crippen molar-refractivity contribution >= 4 is 21.6 Å². The molecule has 0 heterocycles. The number of ketones is 2. The molecule has 0 saturated heterocycles. The van der Waals surface area contributed by atoms with Gasteiger partial charge in [-0.05, 0) is 91.2 Å². The number of sulfonamides is 1. The van der Waals surface area contributed by atoms with Crippen molar-refractivity contribution in [3.05, 3.63) is 65.2 Å². The molecule has 0 aromatic heterocycles. The van der Waals surface area contributed by atoms with Crippen LogP contribution >= 0.6 is 0 Å². The Morgan fingerprint density at radius 3 is 2.21 bits per heavy atom.